The summed E-state index contributed by atoms with van der Waals surface area (Å²) in [6.45, 7) is 2.73. The minimum absolute atomic E-state index is 0.130. The van der Waals surface area contributed by atoms with Crippen LogP contribution in [0.25, 0.3) is 0 Å². The van der Waals surface area contributed by atoms with E-state index in [0.717, 1.165) is 49.8 Å². The molecule has 0 aliphatic heterocycles. The van der Waals surface area contributed by atoms with E-state index >= 15 is 0 Å². The van der Waals surface area contributed by atoms with Gasteiger partial charge in [0.15, 0.2) is 0 Å². The highest BCUT2D eigenvalue weighted by Gasteiger charge is 2.31. The molecule has 2 aliphatic rings. The number of rotatable bonds is 6. The molecule has 0 saturated heterocycles. The predicted molar refractivity (Wildman–Crippen MR) is 91.5 cm³/mol. The lowest BCUT2D eigenvalue weighted by atomic mass is 10.0. The van der Waals surface area contributed by atoms with Gasteiger partial charge >= 0.3 is 6.03 Å². The van der Waals surface area contributed by atoms with Crippen LogP contribution in [0, 0.1) is 0 Å². The first kappa shape index (κ1) is 16.3. The van der Waals surface area contributed by atoms with Crippen LogP contribution >= 0.6 is 0 Å². The van der Waals surface area contributed by atoms with Crippen molar-refractivity contribution in [2.45, 2.75) is 63.1 Å². The third-order valence-electron chi connectivity index (χ3n) is 4.85. The Morgan fingerprint density at radius 1 is 1.26 bits per heavy atom. The van der Waals surface area contributed by atoms with Gasteiger partial charge in [0, 0.05) is 24.3 Å². The van der Waals surface area contributed by atoms with Crippen LogP contribution in [-0.4, -0.2) is 29.3 Å². The van der Waals surface area contributed by atoms with Gasteiger partial charge in [-0.1, -0.05) is 25.0 Å². The monoisotopic (exact) mass is 317 g/mol. The first-order valence-corrected chi connectivity index (χ1v) is 8.67. The Hall–Kier alpha value is -1.59. The highest BCUT2D eigenvalue weighted by molar-refractivity contribution is 5.89. The standard InChI is InChI=1S/C18H27N3O2/c1-13(19-12-18(23)10-2-3-11-18)14-4-6-15(7-5-14)20-17(22)21-16-8-9-16/h4-7,13,16,19,23H,2-3,8-12H2,1H3,(H2,20,21,22). The van der Waals surface area contributed by atoms with Crippen LogP contribution in [-0.2, 0) is 0 Å². The van der Waals surface area contributed by atoms with Crippen molar-refractivity contribution < 1.29 is 9.90 Å². The van der Waals surface area contributed by atoms with E-state index in [1.165, 1.54) is 0 Å². The second-order valence-electron chi connectivity index (χ2n) is 7.03. The van der Waals surface area contributed by atoms with Crippen molar-refractivity contribution in [1.82, 2.24) is 10.6 Å². The van der Waals surface area contributed by atoms with Gasteiger partial charge in [-0.3, -0.25) is 0 Å². The molecule has 2 saturated carbocycles. The molecule has 4 N–H and O–H groups in total. The van der Waals surface area contributed by atoms with E-state index in [0.29, 0.717) is 12.6 Å². The molecule has 2 amide bonds. The fourth-order valence-corrected chi connectivity index (χ4v) is 3.11. The van der Waals surface area contributed by atoms with Gasteiger partial charge in [-0.25, -0.2) is 4.79 Å². The largest absolute Gasteiger partial charge is 0.389 e. The van der Waals surface area contributed by atoms with E-state index in [2.05, 4.69) is 22.9 Å². The summed E-state index contributed by atoms with van der Waals surface area (Å²) in [5.41, 5.74) is 1.42. The summed E-state index contributed by atoms with van der Waals surface area (Å²) in [5.74, 6) is 0. The quantitative estimate of drug-likeness (QED) is 0.652. The summed E-state index contributed by atoms with van der Waals surface area (Å²) < 4.78 is 0. The van der Waals surface area contributed by atoms with Crippen molar-refractivity contribution in [3.8, 4) is 0 Å². The normalized spacial score (nSPS) is 21.0. The van der Waals surface area contributed by atoms with Gasteiger partial charge < -0.3 is 21.1 Å². The molecule has 0 aromatic heterocycles. The lowest BCUT2D eigenvalue weighted by molar-refractivity contribution is 0.0453. The van der Waals surface area contributed by atoms with Crippen LogP contribution in [0.3, 0.4) is 0 Å². The van der Waals surface area contributed by atoms with E-state index in [4.69, 9.17) is 0 Å². The number of urea groups is 1. The van der Waals surface area contributed by atoms with Crippen molar-refractivity contribution in [1.29, 1.82) is 0 Å². The maximum atomic E-state index is 11.7. The molecular weight excluding hydrogens is 290 g/mol. The second-order valence-corrected chi connectivity index (χ2v) is 7.03. The second kappa shape index (κ2) is 6.89. The molecule has 0 spiro atoms. The Labute approximate surface area is 137 Å². The molecule has 23 heavy (non-hydrogen) atoms. The van der Waals surface area contributed by atoms with Crippen LogP contribution in [0.1, 0.15) is 57.1 Å². The highest BCUT2D eigenvalue weighted by Crippen LogP contribution is 2.29. The molecule has 0 radical (unpaired) electrons. The number of nitrogens with one attached hydrogen (secondary N) is 3. The average Bonchev–Trinajstić information content (AvgIpc) is 3.24. The summed E-state index contributed by atoms with van der Waals surface area (Å²) in [4.78, 5) is 11.7. The number of hydrogen-bond acceptors (Lipinski definition) is 3. The Bertz CT molecular complexity index is 534. The fraction of sp³-hybridized carbons (Fsp3) is 0.611. The summed E-state index contributed by atoms with van der Waals surface area (Å²) in [6, 6.07) is 8.28. The number of aliphatic hydroxyl groups is 1. The van der Waals surface area contributed by atoms with Gasteiger partial charge in [-0.05, 0) is 50.3 Å². The molecule has 126 valence electrons. The molecule has 5 nitrogen and oxygen atoms in total. The van der Waals surface area contributed by atoms with Crippen molar-refractivity contribution >= 4 is 11.7 Å². The lowest BCUT2D eigenvalue weighted by Gasteiger charge is -2.25. The fourth-order valence-electron chi connectivity index (χ4n) is 3.11. The lowest BCUT2D eigenvalue weighted by Crippen LogP contribution is -2.39. The van der Waals surface area contributed by atoms with Crippen LogP contribution in [0.2, 0.25) is 0 Å². The van der Waals surface area contributed by atoms with Crippen LogP contribution in [0.4, 0.5) is 10.5 Å². The summed E-state index contributed by atoms with van der Waals surface area (Å²) >= 11 is 0. The zero-order valence-corrected chi connectivity index (χ0v) is 13.8. The molecule has 1 aromatic rings. The summed E-state index contributed by atoms with van der Waals surface area (Å²) in [6.07, 6.45) is 6.20. The molecular formula is C18H27N3O2. The number of carbonyl (C=O) groups excluding carboxylic acids is 1. The number of anilines is 1. The molecule has 0 heterocycles. The summed E-state index contributed by atoms with van der Waals surface area (Å²) in [7, 11) is 0. The molecule has 0 bridgehead atoms. The SMILES string of the molecule is CC(NCC1(O)CCCC1)c1ccc(NC(=O)NC2CC2)cc1. The van der Waals surface area contributed by atoms with Gasteiger partial charge in [-0.15, -0.1) is 0 Å². The van der Waals surface area contributed by atoms with E-state index in [1.807, 2.05) is 24.3 Å². The van der Waals surface area contributed by atoms with E-state index in [1.54, 1.807) is 0 Å². The number of benzene rings is 1. The Morgan fingerprint density at radius 3 is 2.52 bits per heavy atom. The van der Waals surface area contributed by atoms with E-state index in [-0.39, 0.29) is 12.1 Å². The van der Waals surface area contributed by atoms with Gasteiger partial charge in [0.1, 0.15) is 0 Å². The zero-order valence-electron chi connectivity index (χ0n) is 13.8. The molecule has 5 heteroatoms. The van der Waals surface area contributed by atoms with Crippen molar-refractivity contribution in [3.63, 3.8) is 0 Å². The molecule has 1 unspecified atom stereocenters. The number of hydrogen-bond donors (Lipinski definition) is 4. The molecule has 3 rings (SSSR count). The Kier molecular flexibility index (Phi) is 4.87. The Morgan fingerprint density at radius 2 is 1.91 bits per heavy atom. The zero-order chi connectivity index (χ0) is 16.3. The first-order valence-electron chi connectivity index (χ1n) is 8.67. The van der Waals surface area contributed by atoms with Crippen molar-refractivity contribution in [3.05, 3.63) is 29.8 Å². The smallest absolute Gasteiger partial charge is 0.319 e. The van der Waals surface area contributed by atoms with Crippen LogP contribution in [0.15, 0.2) is 24.3 Å². The predicted octanol–water partition coefficient (Wildman–Crippen LogP) is 2.93. The first-order chi connectivity index (χ1) is 11.0. The van der Waals surface area contributed by atoms with Crippen molar-refractivity contribution in [2.75, 3.05) is 11.9 Å². The minimum atomic E-state index is -0.531. The highest BCUT2D eigenvalue weighted by atomic mass is 16.3. The molecule has 2 fully saturated rings. The van der Waals surface area contributed by atoms with Crippen LogP contribution < -0.4 is 16.0 Å². The van der Waals surface area contributed by atoms with Crippen LogP contribution in [0.5, 0.6) is 0 Å². The third-order valence-corrected chi connectivity index (χ3v) is 4.85. The Balaban J connectivity index is 1.48. The van der Waals surface area contributed by atoms with Gasteiger partial charge in [0.05, 0.1) is 5.60 Å². The number of carbonyl (C=O) groups is 1. The van der Waals surface area contributed by atoms with Gasteiger partial charge in [0.25, 0.3) is 0 Å². The van der Waals surface area contributed by atoms with Crippen molar-refractivity contribution in [2.24, 2.45) is 0 Å². The van der Waals surface area contributed by atoms with Gasteiger partial charge in [-0.2, -0.15) is 0 Å². The summed E-state index contributed by atoms with van der Waals surface area (Å²) in [5, 5.41) is 19.6. The molecule has 2 aliphatic carbocycles. The maximum Gasteiger partial charge on any atom is 0.319 e. The average molecular weight is 317 g/mol. The van der Waals surface area contributed by atoms with Gasteiger partial charge in [0.2, 0.25) is 0 Å². The minimum Gasteiger partial charge on any atom is -0.389 e. The number of amides is 2. The molecule has 1 atom stereocenters. The van der Waals surface area contributed by atoms with E-state index in [9.17, 15) is 9.90 Å². The third kappa shape index (κ3) is 4.69. The molecule has 1 aromatic carbocycles. The topological polar surface area (TPSA) is 73.4 Å². The van der Waals surface area contributed by atoms with E-state index < -0.39 is 5.60 Å². The maximum absolute atomic E-state index is 11.7.